The van der Waals surface area contributed by atoms with Gasteiger partial charge in [0.2, 0.25) is 5.54 Å². The Morgan fingerprint density at radius 2 is 1.75 bits per heavy atom. The number of carboxylic acids is 1. The molecule has 0 unspecified atom stereocenters. The van der Waals surface area contributed by atoms with Gasteiger partial charge in [-0.25, -0.2) is 4.79 Å². The van der Waals surface area contributed by atoms with E-state index in [-0.39, 0.29) is 0 Å². The second-order valence-corrected chi connectivity index (χ2v) is 3.42. The van der Waals surface area contributed by atoms with Gasteiger partial charge in [-0.05, 0) is 6.92 Å². The average Bonchev–Trinajstić information content (AvgIpc) is 2.23. The van der Waals surface area contributed by atoms with E-state index in [9.17, 15) is 19.8 Å². The average molecular weight is 237 g/mol. The number of hydrogen-bond acceptors (Lipinski definition) is 7. The summed E-state index contributed by atoms with van der Waals surface area (Å²) in [6.07, 6.45) is -6.07. The Bertz CT molecular complexity index is 266. The Balaban J connectivity index is 5.11. The summed E-state index contributed by atoms with van der Waals surface area (Å²) in [5.41, 5.74) is 2.44. The standard InChI is InChI=1S/C8H15NO7/c1-3(11)8(9,7(15)16)6(14)5(13)4(12)2-10/h4-6,10,12-14H,2,9H2,1H3,(H,15,16)/t4-,5-,6+,8-/m1/s1. The Hall–Kier alpha value is -1.06. The van der Waals surface area contributed by atoms with Crippen molar-refractivity contribution >= 4 is 11.8 Å². The molecule has 0 aromatic heterocycles. The number of nitrogens with two attached hydrogens (primary N) is 1. The number of ketones is 1. The lowest BCUT2D eigenvalue weighted by Crippen LogP contribution is -2.67. The number of Topliss-reactive ketones (excluding diaryl/α,β-unsaturated/α-hetero) is 1. The van der Waals surface area contributed by atoms with Gasteiger partial charge in [0.05, 0.1) is 6.61 Å². The van der Waals surface area contributed by atoms with Gasteiger partial charge in [-0.15, -0.1) is 0 Å². The van der Waals surface area contributed by atoms with Crippen molar-refractivity contribution in [2.75, 3.05) is 6.61 Å². The van der Waals surface area contributed by atoms with Crippen LogP contribution in [0.3, 0.4) is 0 Å². The van der Waals surface area contributed by atoms with Gasteiger partial charge in [-0.3, -0.25) is 4.79 Å². The van der Waals surface area contributed by atoms with Crippen molar-refractivity contribution in [1.29, 1.82) is 0 Å². The minimum Gasteiger partial charge on any atom is -0.479 e. The summed E-state index contributed by atoms with van der Waals surface area (Å²) < 4.78 is 0. The van der Waals surface area contributed by atoms with Crippen molar-refractivity contribution in [2.24, 2.45) is 5.73 Å². The molecule has 0 fully saturated rings. The number of aliphatic hydroxyl groups is 4. The van der Waals surface area contributed by atoms with Crippen molar-refractivity contribution < 1.29 is 35.1 Å². The molecule has 0 aromatic rings. The lowest BCUT2D eigenvalue weighted by Gasteiger charge is -2.32. The van der Waals surface area contributed by atoms with E-state index in [0.29, 0.717) is 0 Å². The predicted molar refractivity (Wildman–Crippen MR) is 50.3 cm³/mol. The summed E-state index contributed by atoms with van der Waals surface area (Å²) in [5.74, 6) is -2.92. The van der Waals surface area contributed by atoms with E-state index in [4.69, 9.17) is 21.1 Å². The van der Waals surface area contributed by atoms with Gasteiger partial charge in [0.15, 0.2) is 5.78 Å². The first-order valence-corrected chi connectivity index (χ1v) is 4.37. The third-order valence-electron chi connectivity index (χ3n) is 2.31. The molecule has 0 amide bonds. The SMILES string of the molecule is CC(=O)[C@](N)(C(=O)O)[C@@H](O)[C@H](O)[C@H](O)CO. The molecule has 7 N–H and O–H groups in total. The van der Waals surface area contributed by atoms with Crippen molar-refractivity contribution in [3.05, 3.63) is 0 Å². The minimum absolute atomic E-state index is 0.829. The zero-order chi connectivity index (χ0) is 13.1. The lowest BCUT2D eigenvalue weighted by molar-refractivity contribution is -0.162. The monoisotopic (exact) mass is 237 g/mol. The third kappa shape index (κ3) is 2.54. The quantitative estimate of drug-likeness (QED) is 0.258. The van der Waals surface area contributed by atoms with Crippen LogP contribution in [-0.2, 0) is 9.59 Å². The number of hydrogen-bond donors (Lipinski definition) is 6. The molecule has 0 heterocycles. The molecular weight excluding hydrogens is 222 g/mol. The van der Waals surface area contributed by atoms with E-state index in [1.54, 1.807) is 0 Å². The molecule has 16 heavy (non-hydrogen) atoms. The molecule has 8 heteroatoms. The topological polar surface area (TPSA) is 161 Å². The summed E-state index contributed by atoms with van der Waals surface area (Å²) in [6.45, 7) is -0.0821. The highest BCUT2D eigenvalue weighted by Gasteiger charge is 2.50. The van der Waals surface area contributed by atoms with E-state index < -0.39 is 42.2 Å². The van der Waals surface area contributed by atoms with Crippen LogP contribution in [0.15, 0.2) is 0 Å². The Kier molecular flexibility index (Phi) is 4.97. The van der Waals surface area contributed by atoms with Crippen LogP contribution in [0.2, 0.25) is 0 Å². The van der Waals surface area contributed by atoms with Crippen LogP contribution >= 0.6 is 0 Å². The molecule has 0 aliphatic carbocycles. The smallest absolute Gasteiger partial charge is 0.334 e. The fourth-order valence-corrected chi connectivity index (χ4v) is 1.07. The van der Waals surface area contributed by atoms with Crippen LogP contribution in [0.5, 0.6) is 0 Å². The summed E-state index contributed by atoms with van der Waals surface area (Å²) in [4.78, 5) is 21.8. The number of carbonyl (C=O) groups excluding carboxylic acids is 1. The second-order valence-electron chi connectivity index (χ2n) is 3.42. The first-order chi connectivity index (χ1) is 7.19. The highest BCUT2D eigenvalue weighted by molar-refractivity contribution is 6.07. The molecule has 0 radical (unpaired) electrons. The molecule has 0 rings (SSSR count). The van der Waals surface area contributed by atoms with Crippen LogP contribution in [0.25, 0.3) is 0 Å². The first-order valence-electron chi connectivity index (χ1n) is 4.37. The van der Waals surface area contributed by atoms with Crippen LogP contribution in [0.1, 0.15) is 6.92 Å². The van der Waals surface area contributed by atoms with Gasteiger partial charge in [0.1, 0.15) is 18.3 Å². The van der Waals surface area contributed by atoms with Gasteiger partial charge in [-0.2, -0.15) is 0 Å². The molecule has 94 valence electrons. The number of carbonyl (C=O) groups is 2. The predicted octanol–water partition coefficient (Wildman–Crippen LogP) is -3.57. The first kappa shape index (κ1) is 14.9. The summed E-state index contributed by atoms with van der Waals surface area (Å²) in [6, 6.07) is 0. The third-order valence-corrected chi connectivity index (χ3v) is 2.31. The number of aliphatic hydroxyl groups excluding tert-OH is 4. The maximum Gasteiger partial charge on any atom is 0.334 e. The molecule has 0 aromatic carbocycles. The molecule has 0 aliphatic heterocycles. The largest absolute Gasteiger partial charge is 0.479 e. The van der Waals surface area contributed by atoms with Gasteiger partial charge in [0, 0.05) is 0 Å². The molecule has 0 bridgehead atoms. The van der Waals surface area contributed by atoms with Crippen LogP contribution < -0.4 is 5.73 Å². The number of carboxylic acid groups (broad SMARTS) is 1. The summed E-state index contributed by atoms with van der Waals surface area (Å²) in [5, 5.41) is 44.9. The highest BCUT2D eigenvalue weighted by Crippen LogP contribution is 2.15. The fraction of sp³-hybridized carbons (Fsp3) is 0.750. The van der Waals surface area contributed by atoms with Gasteiger partial charge in [-0.1, -0.05) is 0 Å². The van der Waals surface area contributed by atoms with Crippen LogP contribution in [0, 0.1) is 0 Å². The molecule has 4 atom stereocenters. The maximum absolute atomic E-state index is 11.0. The Morgan fingerprint density at radius 1 is 1.31 bits per heavy atom. The molecule has 0 saturated carbocycles. The summed E-state index contributed by atoms with van der Waals surface area (Å²) >= 11 is 0. The fourth-order valence-electron chi connectivity index (χ4n) is 1.07. The number of rotatable bonds is 6. The second kappa shape index (κ2) is 5.32. The highest BCUT2D eigenvalue weighted by atomic mass is 16.4. The zero-order valence-corrected chi connectivity index (χ0v) is 8.57. The Labute approximate surface area is 90.9 Å². The molecule has 0 saturated heterocycles. The Morgan fingerprint density at radius 3 is 2.00 bits per heavy atom. The van der Waals surface area contributed by atoms with Crippen molar-refractivity contribution in [3.8, 4) is 0 Å². The van der Waals surface area contributed by atoms with Crippen molar-refractivity contribution in [1.82, 2.24) is 0 Å². The van der Waals surface area contributed by atoms with Crippen LogP contribution in [0.4, 0.5) is 0 Å². The van der Waals surface area contributed by atoms with Crippen molar-refractivity contribution in [3.63, 3.8) is 0 Å². The van der Waals surface area contributed by atoms with Gasteiger partial charge in [0.25, 0.3) is 0 Å². The van der Waals surface area contributed by atoms with E-state index in [1.807, 2.05) is 0 Å². The molecule has 0 spiro atoms. The van der Waals surface area contributed by atoms with E-state index in [1.165, 1.54) is 0 Å². The number of aliphatic carboxylic acids is 1. The van der Waals surface area contributed by atoms with E-state index in [0.717, 1.165) is 6.92 Å². The molecular formula is C8H15NO7. The molecule has 0 aliphatic rings. The minimum atomic E-state index is -2.73. The van der Waals surface area contributed by atoms with Gasteiger partial charge < -0.3 is 31.3 Å². The van der Waals surface area contributed by atoms with E-state index >= 15 is 0 Å². The van der Waals surface area contributed by atoms with Crippen LogP contribution in [-0.4, -0.2) is 67.7 Å². The van der Waals surface area contributed by atoms with E-state index in [2.05, 4.69) is 0 Å². The van der Waals surface area contributed by atoms with Gasteiger partial charge >= 0.3 is 5.97 Å². The summed E-state index contributed by atoms with van der Waals surface area (Å²) in [7, 11) is 0. The lowest BCUT2D eigenvalue weighted by atomic mass is 9.84. The normalized spacial score (nSPS) is 20.6. The zero-order valence-electron chi connectivity index (χ0n) is 8.57. The maximum atomic E-state index is 11.0. The molecule has 8 nitrogen and oxygen atoms in total. The van der Waals surface area contributed by atoms with Crippen molar-refractivity contribution in [2.45, 2.75) is 30.8 Å².